The molecule has 0 aliphatic carbocycles. The quantitative estimate of drug-likeness (QED) is 0.319. The number of morpholine rings is 1. The largest absolute Gasteiger partial charge is 0.374 e. The van der Waals surface area contributed by atoms with E-state index in [0.717, 1.165) is 43.6 Å². The van der Waals surface area contributed by atoms with E-state index >= 15 is 0 Å². The zero-order valence-electron chi connectivity index (χ0n) is 16.5. The molecule has 1 aromatic carbocycles. The molecule has 0 spiro atoms. The summed E-state index contributed by atoms with van der Waals surface area (Å²) in [4.78, 5) is 7.55. The van der Waals surface area contributed by atoms with E-state index < -0.39 is 10.8 Å². The highest BCUT2D eigenvalue weighted by molar-refractivity contribution is 14.0. The Bertz CT molecular complexity index is 586. The van der Waals surface area contributed by atoms with Crippen LogP contribution in [0.5, 0.6) is 0 Å². The summed E-state index contributed by atoms with van der Waals surface area (Å²) in [5, 5.41) is 6.54. The van der Waals surface area contributed by atoms with Crippen molar-refractivity contribution in [3.8, 4) is 0 Å². The second kappa shape index (κ2) is 13.5. The number of aliphatic imine (C=N–C) groups is 1. The van der Waals surface area contributed by atoms with Gasteiger partial charge in [-0.1, -0.05) is 32.0 Å². The first-order chi connectivity index (χ1) is 12.6. The highest BCUT2D eigenvalue weighted by Gasteiger charge is 2.21. The van der Waals surface area contributed by atoms with Crippen molar-refractivity contribution in [2.45, 2.75) is 24.8 Å². The Morgan fingerprint density at radius 1 is 1.33 bits per heavy atom. The van der Waals surface area contributed by atoms with Gasteiger partial charge in [-0.2, -0.15) is 0 Å². The van der Waals surface area contributed by atoms with Crippen molar-refractivity contribution in [2.24, 2.45) is 10.9 Å². The van der Waals surface area contributed by atoms with E-state index in [4.69, 9.17) is 4.74 Å². The lowest BCUT2D eigenvalue weighted by atomic mass is 10.2. The van der Waals surface area contributed by atoms with Crippen LogP contribution in [0.1, 0.15) is 13.8 Å². The molecule has 0 bridgehead atoms. The molecule has 1 aromatic rings. The highest BCUT2D eigenvalue weighted by atomic mass is 127. The Morgan fingerprint density at radius 3 is 2.74 bits per heavy atom. The lowest BCUT2D eigenvalue weighted by Gasteiger charge is -2.34. The monoisotopic (exact) mass is 508 g/mol. The van der Waals surface area contributed by atoms with Crippen molar-refractivity contribution in [1.29, 1.82) is 0 Å². The second-order valence-electron chi connectivity index (χ2n) is 6.89. The van der Waals surface area contributed by atoms with Crippen LogP contribution in [0.4, 0.5) is 0 Å². The Kier molecular flexibility index (Phi) is 12.1. The van der Waals surface area contributed by atoms with Crippen LogP contribution in [0.2, 0.25) is 0 Å². The fourth-order valence-corrected chi connectivity index (χ4v) is 3.95. The van der Waals surface area contributed by atoms with Gasteiger partial charge >= 0.3 is 0 Å². The van der Waals surface area contributed by atoms with Crippen LogP contribution in [0.15, 0.2) is 40.2 Å². The lowest BCUT2D eigenvalue weighted by Crippen LogP contribution is -2.50. The summed E-state index contributed by atoms with van der Waals surface area (Å²) in [6, 6.07) is 9.54. The number of hydrogen-bond acceptors (Lipinski definition) is 4. The van der Waals surface area contributed by atoms with Gasteiger partial charge in [0.25, 0.3) is 0 Å². The number of nitrogens with one attached hydrogen (secondary N) is 2. The Labute approximate surface area is 183 Å². The van der Waals surface area contributed by atoms with Crippen molar-refractivity contribution >= 4 is 40.7 Å². The molecule has 1 fully saturated rings. The summed E-state index contributed by atoms with van der Waals surface area (Å²) in [6.45, 7) is 9.65. The van der Waals surface area contributed by atoms with Crippen LogP contribution in [-0.2, 0) is 15.5 Å². The number of ether oxygens (including phenoxy) is 1. The van der Waals surface area contributed by atoms with Gasteiger partial charge in [0, 0.05) is 50.4 Å². The zero-order valence-corrected chi connectivity index (χ0v) is 19.7. The van der Waals surface area contributed by atoms with E-state index in [9.17, 15) is 4.21 Å². The predicted molar refractivity (Wildman–Crippen MR) is 124 cm³/mol. The lowest BCUT2D eigenvalue weighted by molar-refractivity contribution is -0.0284. The molecule has 1 heterocycles. The first kappa shape index (κ1) is 24.3. The van der Waals surface area contributed by atoms with E-state index in [-0.39, 0.29) is 30.1 Å². The summed E-state index contributed by atoms with van der Waals surface area (Å²) < 4.78 is 18.1. The molecular formula is C19H33IN4O2S. The van der Waals surface area contributed by atoms with Gasteiger partial charge in [-0.05, 0) is 18.1 Å². The minimum atomic E-state index is -0.997. The van der Waals surface area contributed by atoms with Crippen LogP contribution in [0, 0.1) is 5.92 Å². The van der Waals surface area contributed by atoms with Crippen LogP contribution < -0.4 is 10.6 Å². The van der Waals surface area contributed by atoms with Gasteiger partial charge in [-0.3, -0.25) is 14.1 Å². The molecular weight excluding hydrogens is 475 g/mol. The molecule has 27 heavy (non-hydrogen) atoms. The Hall–Kier alpha value is -0.710. The molecule has 2 N–H and O–H groups in total. The fourth-order valence-electron chi connectivity index (χ4n) is 2.97. The van der Waals surface area contributed by atoms with E-state index in [0.29, 0.717) is 18.2 Å². The van der Waals surface area contributed by atoms with Gasteiger partial charge in [0.05, 0.1) is 23.5 Å². The van der Waals surface area contributed by atoms with Gasteiger partial charge in [0.1, 0.15) is 0 Å². The minimum absolute atomic E-state index is 0. The Morgan fingerprint density at radius 2 is 2.07 bits per heavy atom. The molecule has 0 radical (unpaired) electrons. The molecule has 2 rings (SSSR count). The predicted octanol–water partition coefficient (Wildman–Crippen LogP) is 1.93. The maximum absolute atomic E-state index is 12.2. The topological polar surface area (TPSA) is 66.0 Å². The average molecular weight is 508 g/mol. The summed E-state index contributed by atoms with van der Waals surface area (Å²) in [5.74, 6) is 1.94. The molecule has 2 unspecified atom stereocenters. The van der Waals surface area contributed by atoms with Crippen LogP contribution in [0.25, 0.3) is 0 Å². The average Bonchev–Trinajstić information content (AvgIpc) is 2.65. The van der Waals surface area contributed by atoms with Gasteiger partial charge in [-0.25, -0.2) is 0 Å². The van der Waals surface area contributed by atoms with Gasteiger partial charge in [0.15, 0.2) is 5.96 Å². The van der Waals surface area contributed by atoms with Crippen molar-refractivity contribution in [2.75, 3.05) is 52.1 Å². The summed E-state index contributed by atoms with van der Waals surface area (Å²) in [5.41, 5.74) is 0. The maximum Gasteiger partial charge on any atom is 0.191 e. The molecule has 8 heteroatoms. The number of benzene rings is 1. The van der Waals surface area contributed by atoms with Crippen LogP contribution in [0.3, 0.4) is 0 Å². The Balaban J connectivity index is 0.00000364. The second-order valence-corrected chi connectivity index (χ2v) is 8.46. The summed E-state index contributed by atoms with van der Waals surface area (Å²) >= 11 is 0. The number of hydrogen-bond donors (Lipinski definition) is 2. The third-order valence-corrected chi connectivity index (χ3v) is 5.53. The van der Waals surface area contributed by atoms with E-state index in [1.54, 1.807) is 7.05 Å². The van der Waals surface area contributed by atoms with Crippen molar-refractivity contribution in [3.63, 3.8) is 0 Å². The standard InChI is InChI=1S/C19H32N4O2S.HI/c1-16(2)14-23-10-11-25-17(15-23)13-22-19(20-3)21-9-12-26(24)18-7-5-4-6-8-18;/h4-8,16-17H,9-15H2,1-3H3,(H2,20,21,22);1H. The number of nitrogens with zero attached hydrogens (tertiary/aromatic N) is 2. The van der Waals surface area contributed by atoms with E-state index in [1.807, 2.05) is 30.3 Å². The van der Waals surface area contributed by atoms with Gasteiger partial charge in [-0.15, -0.1) is 24.0 Å². The van der Waals surface area contributed by atoms with Crippen molar-refractivity contribution in [1.82, 2.24) is 15.5 Å². The van der Waals surface area contributed by atoms with E-state index in [1.165, 1.54) is 0 Å². The molecule has 6 nitrogen and oxygen atoms in total. The third kappa shape index (κ3) is 9.36. The molecule has 0 aromatic heterocycles. The van der Waals surface area contributed by atoms with Crippen molar-refractivity contribution in [3.05, 3.63) is 30.3 Å². The number of halogens is 1. The highest BCUT2D eigenvalue weighted by Crippen LogP contribution is 2.07. The molecule has 154 valence electrons. The summed E-state index contributed by atoms with van der Waals surface area (Å²) in [6.07, 6.45) is 0.166. The number of rotatable bonds is 8. The zero-order chi connectivity index (χ0) is 18.8. The van der Waals surface area contributed by atoms with Gasteiger partial charge < -0.3 is 15.4 Å². The van der Waals surface area contributed by atoms with Crippen molar-refractivity contribution < 1.29 is 8.95 Å². The van der Waals surface area contributed by atoms with Crippen LogP contribution >= 0.6 is 24.0 Å². The molecule has 0 saturated carbocycles. The first-order valence-corrected chi connectivity index (χ1v) is 10.6. The normalized spacial score (nSPS) is 19.4. The maximum atomic E-state index is 12.2. The SMILES string of the molecule is CN=C(NCCS(=O)c1ccccc1)NCC1CN(CC(C)C)CCO1.I. The smallest absolute Gasteiger partial charge is 0.191 e. The summed E-state index contributed by atoms with van der Waals surface area (Å²) in [7, 11) is 0.749. The first-order valence-electron chi connectivity index (χ1n) is 9.30. The number of guanidine groups is 1. The molecule has 1 aliphatic rings. The third-order valence-electron chi connectivity index (χ3n) is 4.15. The molecule has 2 atom stereocenters. The molecule has 0 amide bonds. The molecule has 1 saturated heterocycles. The minimum Gasteiger partial charge on any atom is -0.374 e. The fraction of sp³-hybridized carbons (Fsp3) is 0.632. The molecule has 1 aliphatic heterocycles. The van der Waals surface area contributed by atoms with Crippen LogP contribution in [-0.4, -0.2) is 73.3 Å². The van der Waals surface area contributed by atoms with Gasteiger partial charge in [0.2, 0.25) is 0 Å². The van der Waals surface area contributed by atoms with E-state index in [2.05, 4.69) is 34.4 Å².